The molecule has 0 spiro atoms. The number of benzene rings is 1. The molecule has 1 aromatic rings. The molecule has 1 aromatic carbocycles. The van der Waals surface area contributed by atoms with Crippen molar-refractivity contribution in [3.8, 4) is 38.5 Å². The lowest BCUT2D eigenvalue weighted by molar-refractivity contribution is -0.215. The minimum atomic E-state index is -0.853. The minimum Gasteiger partial charge on any atom is -0.478 e. The molecule has 244 valence electrons. The van der Waals surface area contributed by atoms with Crippen LogP contribution in [0.5, 0.6) is 0 Å². The van der Waals surface area contributed by atoms with Crippen molar-refractivity contribution in [2.75, 3.05) is 0 Å². The highest BCUT2D eigenvalue weighted by atomic mass is 16.4. The molecule has 5 aliphatic rings. The van der Waals surface area contributed by atoms with Gasteiger partial charge in [-0.15, -0.1) is 45.1 Å². The van der Waals surface area contributed by atoms with Crippen molar-refractivity contribution in [3.63, 3.8) is 0 Å². The summed E-state index contributed by atoms with van der Waals surface area (Å²) in [6, 6.07) is 7.60. The number of aromatic carboxylic acids is 1. The summed E-state index contributed by atoms with van der Waals surface area (Å²) in [6.07, 6.45) is 41.3. The lowest BCUT2D eigenvalue weighted by Gasteiger charge is -2.72. The summed E-state index contributed by atoms with van der Waals surface area (Å²) in [7, 11) is 0. The van der Waals surface area contributed by atoms with Crippen LogP contribution >= 0.6 is 0 Å². The van der Waals surface area contributed by atoms with E-state index >= 15 is 0 Å². The number of allylic oxidation sites excluding steroid dienone is 3. The van der Waals surface area contributed by atoms with E-state index in [0.717, 1.165) is 24.2 Å². The van der Waals surface area contributed by atoms with Gasteiger partial charge >= 0.3 is 5.97 Å². The number of carbonyl (C=O) groups is 1. The maximum absolute atomic E-state index is 11.4. The van der Waals surface area contributed by atoms with Crippen molar-refractivity contribution >= 4 is 11.5 Å². The molecule has 3 nitrogen and oxygen atoms in total. The van der Waals surface area contributed by atoms with Gasteiger partial charge in [-0.3, -0.25) is 0 Å². The Morgan fingerprint density at radius 1 is 0.822 bits per heavy atom. The second kappa shape index (κ2) is 14.5. The van der Waals surface area contributed by atoms with E-state index < -0.39 is 5.97 Å². The lowest BCUT2D eigenvalue weighted by atomic mass is 9.33. The first-order valence-electron chi connectivity index (χ1n) is 16.7. The largest absolute Gasteiger partial charge is 0.478 e. The molecule has 0 heterocycles. The highest BCUT2D eigenvalue weighted by Gasteiger charge is 2.69. The van der Waals surface area contributed by atoms with Crippen molar-refractivity contribution in [2.24, 2.45) is 51.1 Å². The van der Waals surface area contributed by atoms with E-state index in [9.17, 15) is 9.90 Å². The molecular formula is C42H59NO2. The molecule has 3 unspecified atom stereocenters. The van der Waals surface area contributed by atoms with Crippen LogP contribution in [0.3, 0.4) is 0 Å². The zero-order valence-electron chi connectivity index (χ0n) is 28.9. The normalized spacial score (nSPS) is 38.1. The molecule has 8 atom stereocenters. The van der Waals surface area contributed by atoms with Gasteiger partial charge in [0.1, 0.15) is 0 Å². The SMILES string of the molecule is C#C.C#C.C#C.C=CC.CC1(C)C(c2ccc(C(=O)O)cc2)=CC[C@@]2(C)C1CC[C@]1(C)C2CC[C@@H]2C3CCC[C@]3(N)CC[C@]21C. The van der Waals surface area contributed by atoms with Crippen LogP contribution in [0.25, 0.3) is 5.57 Å². The Morgan fingerprint density at radius 3 is 1.96 bits per heavy atom. The van der Waals surface area contributed by atoms with E-state index in [2.05, 4.69) is 85.8 Å². The Bertz CT molecular complexity index is 1270. The molecule has 0 aliphatic heterocycles. The van der Waals surface area contributed by atoms with E-state index in [4.69, 9.17) is 5.73 Å². The van der Waals surface area contributed by atoms with Crippen molar-refractivity contribution in [2.45, 2.75) is 111 Å². The first-order valence-corrected chi connectivity index (χ1v) is 16.7. The molecule has 0 bridgehead atoms. The standard InChI is InChI=1S/C33H47NO2.C3H6.3C2H2/c1-29(2)23(21-8-10-22(11-9-21)28(35)36)14-17-30(3)26(29)15-18-32(5)27(30)13-12-24-25-7-6-16-33(25,34)20-19-31(24,32)4;1-3-2;3*1-2/h8-11,14,24-27H,6-7,12-13,15-20,34H2,1-5H3,(H,35,36);3H,1H2,2H3;3*1-2H/t24-,25?,26?,27?,30+,31-,32-,33+;;;;/m1..../s1. The first-order chi connectivity index (χ1) is 21.3. The van der Waals surface area contributed by atoms with E-state index in [0.29, 0.717) is 27.7 Å². The van der Waals surface area contributed by atoms with Gasteiger partial charge in [-0.05, 0) is 133 Å². The number of rotatable bonds is 2. The molecule has 0 aromatic heterocycles. The van der Waals surface area contributed by atoms with Gasteiger partial charge in [-0.1, -0.05) is 65.3 Å². The maximum atomic E-state index is 11.4. The maximum Gasteiger partial charge on any atom is 0.335 e. The van der Waals surface area contributed by atoms with Crippen molar-refractivity contribution in [1.82, 2.24) is 0 Å². The number of hydrogen-bond acceptors (Lipinski definition) is 2. The summed E-state index contributed by atoms with van der Waals surface area (Å²) in [4.78, 5) is 11.4. The van der Waals surface area contributed by atoms with Crippen LogP contribution in [0.1, 0.15) is 122 Å². The number of nitrogens with two attached hydrogens (primary N) is 1. The second-order valence-corrected chi connectivity index (χ2v) is 15.2. The quantitative estimate of drug-likeness (QED) is 0.259. The molecule has 0 amide bonds. The van der Waals surface area contributed by atoms with Crippen molar-refractivity contribution in [3.05, 3.63) is 54.1 Å². The fraction of sp³-hybridized carbons (Fsp3) is 0.595. The average Bonchev–Trinajstić information content (AvgIpc) is 3.42. The van der Waals surface area contributed by atoms with E-state index in [-0.39, 0.29) is 11.0 Å². The predicted octanol–water partition coefficient (Wildman–Crippen LogP) is 9.89. The average molecular weight is 610 g/mol. The Balaban J connectivity index is 0.000000717. The van der Waals surface area contributed by atoms with Crippen LogP contribution in [0.4, 0.5) is 0 Å². The molecule has 3 heteroatoms. The van der Waals surface area contributed by atoms with Gasteiger partial charge in [0.05, 0.1) is 5.56 Å². The van der Waals surface area contributed by atoms with E-state index in [1.165, 1.54) is 68.9 Å². The van der Waals surface area contributed by atoms with Gasteiger partial charge < -0.3 is 10.8 Å². The topological polar surface area (TPSA) is 63.3 Å². The van der Waals surface area contributed by atoms with Crippen LogP contribution in [-0.2, 0) is 0 Å². The molecule has 4 saturated carbocycles. The molecule has 4 fully saturated rings. The molecule has 3 N–H and O–H groups in total. The fourth-order valence-corrected chi connectivity index (χ4v) is 11.5. The van der Waals surface area contributed by atoms with Gasteiger partial charge in [-0.2, -0.15) is 0 Å². The van der Waals surface area contributed by atoms with Crippen LogP contribution in [0, 0.1) is 83.9 Å². The summed E-state index contributed by atoms with van der Waals surface area (Å²) in [5, 5.41) is 9.36. The molecular weight excluding hydrogens is 550 g/mol. The van der Waals surface area contributed by atoms with Gasteiger partial charge in [0, 0.05) is 5.54 Å². The second-order valence-electron chi connectivity index (χ2n) is 15.2. The van der Waals surface area contributed by atoms with Crippen LogP contribution in [0.2, 0.25) is 0 Å². The summed E-state index contributed by atoms with van der Waals surface area (Å²) < 4.78 is 0. The highest BCUT2D eigenvalue weighted by molar-refractivity contribution is 5.88. The van der Waals surface area contributed by atoms with Crippen molar-refractivity contribution < 1.29 is 9.90 Å². The first kappa shape index (κ1) is 38.0. The Hall–Kier alpha value is -3.19. The van der Waals surface area contributed by atoms with Crippen LogP contribution in [-0.4, -0.2) is 16.6 Å². The smallest absolute Gasteiger partial charge is 0.335 e. The highest BCUT2D eigenvalue weighted by Crippen LogP contribution is 2.75. The molecule has 6 rings (SSSR count). The zero-order valence-corrected chi connectivity index (χ0v) is 28.9. The third kappa shape index (κ3) is 6.05. The molecule has 0 saturated heterocycles. The Kier molecular flexibility index (Phi) is 12.2. The monoisotopic (exact) mass is 609 g/mol. The third-order valence-corrected chi connectivity index (χ3v) is 13.4. The zero-order chi connectivity index (χ0) is 34.4. The minimum absolute atomic E-state index is 0.0707. The summed E-state index contributed by atoms with van der Waals surface area (Å²) >= 11 is 0. The third-order valence-electron chi connectivity index (χ3n) is 13.4. The Labute approximate surface area is 275 Å². The van der Waals surface area contributed by atoms with E-state index in [1.807, 2.05) is 19.1 Å². The van der Waals surface area contributed by atoms with Crippen LogP contribution in [0.15, 0.2) is 43.0 Å². The number of terminal acetylenes is 3. The lowest BCUT2D eigenvalue weighted by Crippen LogP contribution is -2.66. The van der Waals surface area contributed by atoms with Crippen LogP contribution < -0.4 is 5.73 Å². The number of fused-ring (bicyclic) bond motifs is 7. The molecule has 0 radical (unpaired) electrons. The van der Waals surface area contributed by atoms with Gasteiger partial charge in [-0.25, -0.2) is 4.79 Å². The Morgan fingerprint density at radius 2 is 1.40 bits per heavy atom. The predicted molar refractivity (Wildman–Crippen MR) is 192 cm³/mol. The summed E-state index contributed by atoms with van der Waals surface area (Å²) in [6.45, 7) is 18.2. The van der Waals surface area contributed by atoms with Gasteiger partial charge in [0.2, 0.25) is 0 Å². The molecule has 5 aliphatic carbocycles. The number of carboxylic acids is 1. The van der Waals surface area contributed by atoms with E-state index in [1.54, 1.807) is 18.2 Å². The fourth-order valence-electron chi connectivity index (χ4n) is 11.5. The molecule has 45 heavy (non-hydrogen) atoms. The van der Waals surface area contributed by atoms with Gasteiger partial charge in [0.15, 0.2) is 0 Å². The summed E-state index contributed by atoms with van der Waals surface area (Å²) in [5.41, 5.74) is 11.3. The van der Waals surface area contributed by atoms with Gasteiger partial charge in [0.25, 0.3) is 0 Å². The van der Waals surface area contributed by atoms with Crippen molar-refractivity contribution in [1.29, 1.82) is 0 Å². The number of hydrogen-bond donors (Lipinski definition) is 2. The summed E-state index contributed by atoms with van der Waals surface area (Å²) in [5.74, 6) is 2.08. The number of carboxylic acid groups (broad SMARTS) is 1.